The average Bonchev–Trinajstić information content (AvgIpc) is 2.69. The zero-order valence-corrected chi connectivity index (χ0v) is 16.9. The van der Waals surface area contributed by atoms with E-state index >= 15 is 0 Å². The number of carbonyl (C=O) groups is 1. The van der Waals surface area contributed by atoms with Gasteiger partial charge < -0.3 is 24.8 Å². The van der Waals surface area contributed by atoms with Gasteiger partial charge in [0.15, 0.2) is 0 Å². The van der Waals surface area contributed by atoms with Gasteiger partial charge >= 0.3 is 0 Å². The first-order chi connectivity index (χ1) is 13.6. The molecule has 28 heavy (non-hydrogen) atoms. The number of benzene rings is 2. The van der Waals surface area contributed by atoms with Crippen molar-refractivity contribution >= 4 is 17.3 Å². The third-order valence-electron chi connectivity index (χ3n) is 3.97. The Morgan fingerprint density at radius 2 is 1.43 bits per heavy atom. The van der Waals surface area contributed by atoms with Crippen LogP contribution in [0.15, 0.2) is 48.5 Å². The maximum atomic E-state index is 12.1. The monoisotopic (exact) mass is 386 g/mol. The van der Waals surface area contributed by atoms with Gasteiger partial charge in [0.05, 0.1) is 19.8 Å². The van der Waals surface area contributed by atoms with E-state index in [0.717, 1.165) is 29.3 Å². The summed E-state index contributed by atoms with van der Waals surface area (Å²) in [5.41, 5.74) is 1.59. The number of ether oxygens (including phenoxy) is 3. The molecule has 0 bridgehead atoms. The predicted octanol–water partition coefficient (Wildman–Crippen LogP) is 4.19. The first-order valence-electron chi connectivity index (χ1n) is 9.55. The molecule has 0 saturated carbocycles. The first kappa shape index (κ1) is 21.6. The zero-order chi connectivity index (χ0) is 20.2. The van der Waals surface area contributed by atoms with Gasteiger partial charge in [0, 0.05) is 18.5 Å². The lowest BCUT2D eigenvalue weighted by Gasteiger charge is -2.11. The van der Waals surface area contributed by atoms with Gasteiger partial charge in [0.1, 0.15) is 18.1 Å². The van der Waals surface area contributed by atoms with Gasteiger partial charge in [-0.25, -0.2) is 0 Å². The van der Waals surface area contributed by atoms with Crippen LogP contribution in [0.5, 0.6) is 11.5 Å². The van der Waals surface area contributed by atoms with Crippen molar-refractivity contribution in [2.75, 3.05) is 44.1 Å². The van der Waals surface area contributed by atoms with Crippen LogP contribution >= 0.6 is 0 Å². The highest BCUT2D eigenvalue weighted by molar-refractivity contribution is 5.93. The maximum Gasteiger partial charge on any atom is 0.243 e. The Balaban J connectivity index is 1.71. The summed E-state index contributed by atoms with van der Waals surface area (Å²) in [6.07, 6.45) is 1.02. The molecule has 152 valence electrons. The lowest BCUT2D eigenvalue weighted by atomic mass is 10.1. The van der Waals surface area contributed by atoms with Crippen LogP contribution in [-0.2, 0) is 9.53 Å². The number of nitrogens with one attached hydrogen (secondary N) is 2. The molecule has 0 aliphatic rings. The molecule has 0 atom stereocenters. The van der Waals surface area contributed by atoms with Crippen LogP contribution in [0, 0.1) is 5.92 Å². The van der Waals surface area contributed by atoms with E-state index in [4.69, 9.17) is 14.2 Å². The highest BCUT2D eigenvalue weighted by Crippen LogP contribution is 2.17. The highest BCUT2D eigenvalue weighted by atomic mass is 16.5. The molecule has 6 heteroatoms. The number of hydrogen-bond acceptors (Lipinski definition) is 5. The third-order valence-corrected chi connectivity index (χ3v) is 3.97. The van der Waals surface area contributed by atoms with Crippen molar-refractivity contribution in [3.63, 3.8) is 0 Å². The summed E-state index contributed by atoms with van der Waals surface area (Å²) in [6.45, 7) is 6.26. The normalized spacial score (nSPS) is 10.6. The molecule has 0 radical (unpaired) electrons. The van der Waals surface area contributed by atoms with Crippen LogP contribution in [0.3, 0.4) is 0 Å². The van der Waals surface area contributed by atoms with Gasteiger partial charge in [-0.05, 0) is 60.9 Å². The Hall–Kier alpha value is -2.73. The van der Waals surface area contributed by atoms with E-state index in [9.17, 15) is 4.79 Å². The molecule has 0 aliphatic carbocycles. The Labute approximate surface area is 167 Å². The Morgan fingerprint density at radius 1 is 0.857 bits per heavy atom. The highest BCUT2D eigenvalue weighted by Gasteiger charge is 2.04. The number of methoxy groups -OCH3 is 1. The number of amides is 1. The molecule has 0 aliphatic heterocycles. The van der Waals surface area contributed by atoms with Gasteiger partial charge in [-0.2, -0.15) is 0 Å². The standard InChI is InChI=1S/C22H30N2O4/c1-17(2)12-13-27-20-10-6-19(7-11-20)24-22(25)16-23-18-4-8-21(9-5-18)28-15-14-26-3/h4-11,17,23H,12-16H2,1-3H3,(H,24,25). The Morgan fingerprint density at radius 3 is 2.00 bits per heavy atom. The van der Waals surface area contributed by atoms with Gasteiger partial charge in [-0.15, -0.1) is 0 Å². The van der Waals surface area contributed by atoms with E-state index in [1.54, 1.807) is 7.11 Å². The fourth-order valence-corrected chi connectivity index (χ4v) is 2.35. The summed E-state index contributed by atoms with van der Waals surface area (Å²) in [5.74, 6) is 2.08. The smallest absolute Gasteiger partial charge is 0.243 e. The number of anilines is 2. The first-order valence-corrected chi connectivity index (χ1v) is 9.55. The summed E-state index contributed by atoms with van der Waals surface area (Å²) in [7, 11) is 1.64. The lowest BCUT2D eigenvalue weighted by Crippen LogP contribution is -2.21. The van der Waals surface area contributed by atoms with Crippen molar-refractivity contribution in [3.05, 3.63) is 48.5 Å². The van der Waals surface area contributed by atoms with E-state index in [1.165, 1.54) is 0 Å². The predicted molar refractivity (Wildman–Crippen MR) is 112 cm³/mol. The molecular formula is C22H30N2O4. The molecule has 2 N–H and O–H groups in total. The number of rotatable bonds is 12. The Kier molecular flexibility index (Phi) is 9.15. The fraction of sp³-hybridized carbons (Fsp3) is 0.409. The molecule has 2 aromatic rings. The molecular weight excluding hydrogens is 356 g/mol. The van der Waals surface area contributed by atoms with E-state index in [2.05, 4.69) is 24.5 Å². The summed E-state index contributed by atoms with van der Waals surface area (Å²) >= 11 is 0. The van der Waals surface area contributed by atoms with Gasteiger partial charge in [0.25, 0.3) is 0 Å². The van der Waals surface area contributed by atoms with Crippen molar-refractivity contribution in [2.45, 2.75) is 20.3 Å². The van der Waals surface area contributed by atoms with Crippen LogP contribution in [0.2, 0.25) is 0 Å². The molecule has 2 aromatic carbocycles. The van der Waals surface area contributed by atoms with Crippen LogP contribution in [0.1, 0.15) is 20.3 Å². The maximum absolute atomic E-state index is 12.1. The third kappa shape index (κ3) is 8.31. The molecule has 0 unspecified atom stereocenters. The molecule has 0 spiro atoms. The molecule has 2 rings (SSSR count). The van der Waals surface area contributed by atoms with Gasteiger partial charge in [-0.1, -0.05) is 13.8 Å². The molecule has 0 heterocycles. The second kappa shape index (κ2) is 11.9. The number of hydrogen-bond donors (Lipinski definition) is 2. The summed E-state index contributed by atoms with van der Waals surface area (Å²) < 4.78 is 16.1. The minimum Gasteiger partial charge on any atom is -0.494 e. The number of carbonyl (C=O) groups excluding carboxylic acids is 1. The topological polar surface area (TPSA) is 68.8 Å². The van der Waals surface area contributed by atoms with E-state index in [1.807, 2.05) is 48.5 Å². The van der Waals surface area contributed by atoms with Crippen LogP contribution < -0.4 is 20.1 Å². The summed E-state index contributed by atoms with van der Waals surface area (Å²) in [5, 5.41) is 5.96. The molecule has 1 amide bonds. The molecule has 0 saturated heterocycles. The van der Waals surface area contributed by atoms with Crippen molar-refractivity contribution < 1.29 is 19.0 Å². The lowest BCUT2D eigenvalue weighted by molar-refractivity contribution is -0.114. The molecule has 0 aromatic heterocycles. The van der Waals surface area contributed by atoms with Crippen molar-refractivity contribution in [3.8, 4) is 11.5 Å². The largest absolute Gasteiger partial charge is 0.494 e. The van der Waals surface area contributed by atoms with Crippen molar-refractivity contribution in [1.82, 2.24) is 0 Å². The van der Waals surface area contributed by atoms with Gasteiger partial charge in [-0.3, -0.25) is 4.79 Å². The van der Waals surface area contributed by atoms with E-state index < -0.39 is 0 Å². The van der Waals surface area contributed by atoms with Crippen molar-refractivity contribution in [1.29, 1.82) is 0 Å². The van der Waals surface area contributed by atoms with Crippen LogP contribution in [0.4, 0.5) is 11.4 Å². The minimum absolute atomic E-state index is 0.117. The Bertz CT molecular complexity index is 699. The SMILES string of the molecule is COCCOc1ccc(NCC(=O)Nc2ccc(OCCC(C)C)cc2)cc1. The van der Waals surface area contributed by atoms with Crippen LogP contribution in [-0.4, -0.2) is 39.4 Å². The zero-order valence-electron chi connectivity index (χ0n) is 16.9. The molecule has 0 fully saturated rings. The second-order valence-electron chi connectivity index (χ2n) is 6.82. The molecule has 6 nitrogen and oxygen atoms in total. The van der Waals surface area contributed by atoms with Crippen molar-refractivity contribution in [2.24, 2.45) is 5.92 Å². The fourth-order valence-electron chi connectivity index (χ4n) is 2.35. The average molecular weight is 386 g/mol. The van der Waals surface area contributed by atoms with Crippen LogP contribution in [0.25, 0.3) is 0 Å². The second-order valence-corrected chi connectivity index (χ2v) is 6.82. The van der Waals surface area contributed by atoms with E-state index in [0.29, 0.717) is 25.7 Å². The summed E-state index contributed by atoms with van der Waals surface area (Å²) in [4.78, 5) is 12.1. The quantitative estimate of drug-likeness (QED) is 0.536. The minimum atomic E-state index is -0.117. The van der Waals surface area contributed by atoms with E-state index in [-0.39, 0.29) is 12.5 Å². The summed E-state index contributed by atoms with van der Waals surface area (Å²) in [6, 6.07) is 14.9. The van der Waals surface area contributed by atoms with Gasteiger partial charge in [0.2, 0.25) is 5.91 Å².